The van der Waals surface area contributed by atoms with Crippen molar-refractivity contribution in [2.45, 2.75) is 90.5 Å². The van der Waals surface area contributed by atoms with E-state index < -0.39 is 22.3 Å². The van der Waals surface area contributed by atoms with Crippen molar-refractivity contribution >= 4 is 94.2 Å². The smallest absolute Gasteiger partial charge is 0.145 e. The molecule has 9 aromatic carbocycles. The van der Waals surface area contributed by atoms with Crippen molar-refractivity contribution < 1.29 is 4.42 Å². The minimum absolute atomic E-state index is 0.00242. The normalized spacial score (nSPS) is 13.4. The number of furan rings is 1. The molecule has 2 heterocycles. The van der Waals surface area contributed by atoms with E-state index in [4.69, 9.17) is 9.40 Å². The Morgan fingerprint density at radius 2 is 0.935 bits per heavy atom. The second-order valence-corrected chi connectivity index (χ2v) is 32.7. The molecule has 11 aromatic rings. The lowest BCUT2D eigenvalue weighted by Gasteiger charge is -2.36. The lowest BCUT2D eigenvalue weighted by molar-refractivity contribution is 0.590. The summed E-state index contributed by atoms with van der Waals surface area (Å²) in [4.78, 5) is 10.5. The Morgan fingerprint density at radius 3 is 1.45 bits per heavy atom. The summed E-state index contributed by atoms with van der Waals surface area (Å²) >= 11 is 0. The number of hydrogen-bond donors (Lipinski definition) is 0. The second kappa shape index (κ2) is 18.8. The van der Waals surface area contributed by atoms with E-state index in [9.17, 15) is 0 Å². The fraction of sp³-hybridized carbons (Fsp3) is 0.197. The minimum atomic E-state index is -1.63. The molecule has 6 heteroatoms. The quantitative estimate of drug-likeness (QED) is 0.128. The first kappa shape index (κ1) is 50.1. The first-order valence-corrected chi connectivity index (χ1v) is 33.9. The van der Waals surface area contributed by atoms with Gasteiger partial charge in [-0.3, -0.25) is 4.98 Å². The van der Waals surface area contributed by atoms with E-state index in [1.807, 2.05) is 6.20 Å². The van der Waals surface area contributed by atoms with Gasteiger partial charge in [-0.2, -0.15) is 0 Å². The van der Waals surface area contributed by atoms with Crippen LogP contribution < -0.4 is 20.2 Å². The number of anilines is 6. The number of para-hydroxylation sites is 1. The molecule has 0 fully saturated rings. The van der Waals surface area contributed by atoms with Gasteiger partial charge in [-0.25, -0.2) is 0 Å². The third kappa shape index (κ3) is 8.45. The lowest BCUT2D eigenvalue weighted by Crippen LogP contribution is -2.37. The third-order valence-corrected chi connectivity index (χ3v) is 20.0. The molecule has 0 unspecified atom stereocenters. The average molecular weight is 1040 g/mol. The van der Waals surface area contributed by atoms with Gasteiger partial charge in [-0.05, 0) is 123 Å². The molecule has 0 amide bonds. The molecule has 382 valence electrons. The number of nitrogens with zero attached hydrogens (tertiary/aromatic N) is 3. The first-order valence-electron chi connectivity index (χ1n) is 27.5. The molecule has 0 saturated carbocycles. The molecule has 0 bridgehead atoms. The Labute approximate surface area is 458 Å². The number of benzene rings is 9. The van der Waals surface area contributed by atoms with Gasteiger partial charge in [0.25, 0.3) is 0 Å². The summed E-state index contributed by atoms with van der Waals surface area (Å²) in [6, 6.07) is 77.6. The summed E-state index contributed by atoms with van der Waals surface area (Å²) in [6.07, 6.45) is 1.97. The molecule has 12 rings (SSSR count). The van der Waals surface area contributed by atoms with Crippen LogP contribution in [0, 0.1) is 0 Å². The van der Waals surface area contributed by atoms with E-state index in [1.54, 1.807) is 0 Å². The second-order valence-electron chi connectivity index (χ2n) is 24.6. The van der Waals surface area contributed by atoms with Crippen LogP contribution in [0.4, 0.5) is 34.1 Å². The Balaban J connectivity index is 1.24. The molecule has 0 atom stereocenters. The Morgan fingerprint density at radius 1 is 0.481 bits per heavy atom. The van der Waals surface area contributed by atoms with Crippen molar-refractivity contribution in [2.24, 2.45) is 0 Å². The maximum atomic E-state index is 7.49. The van der Waals surface area contributed by atoms with Crippen molar-refractivity contribution in [3.63, 3.8) is 0 Å². The van der Waals surface area contributed by atoms with Gasteiger partial charge in [0.05, 0.1) is 44.6 Å². The maximum Gasteiger partial charge on any atom is 0.145 e. The fourth-order valence-electron chi connectivity index (χ4n) is 12.1. The van der Waals surface area contributed by atoms with Crippen LogP contribution in [0.5, 0.6) is 0 Å². The Kier molecular flexibility index (Phi) is 12.2. The SMILES string of the molecule is C[SiH](C)c1ccc(N(c2ccc(C(C)(C)C)cc2)c2cc3c(c4ncccc24)-c2c(cc(N(c4ccc(C(C)(C)C)cc4)c4ccc([Si](C)(C)C)cc4)c4c2oc2ccccc24)C3(c2ccccc2)c2ccccc2)cc1. The van der Waals surface area contributed by atoms with E-state index >= 15 is 0 Å². The van der Waals surface area contributed by atoms with Gasteiger partial charge < -0.3 is 14.2 Å². The van der Waals surface area contributed by atoms with Crippen LogP contribution in [-0.4, -0.2) is 21.9 Å². The zero-order valence-electron chi connectivity index (χ0n) is 46.5. The number of hydrogen-bond acceptors (Lipinski definition) is 4. The molecule has 0 N–H and O–H groups in total. The molecule has 4 nitrogen and oxygen atoms in total. The van der Waals surface area contributed by atoms with Gasteiger partial charge >= 0.3 is 0 Å². The first-order chi connectivity index (χ1) is 36.9. The number of pyridine rings is 1. The average Bonchev–Trinajstić information content (AvgIpc) is 4.15. The highest BCUT2D eigenvalue weighted by atomic mass is 28.3. The third-order valence-electron chi connectivity index (χ3n) is 16.2. The van der Waals surface area contributed by atoms with Crippen molar-refractivity contribution in [3.05, 3.63) is 246 Å². The summed E-state index contributed by atoms with van der Waals surface area (Å²) in [5.74, 6) is 0. The van der Waals surface area contributed by atoms with Crippen LogP contribution >= 0.6 is 0 Å². The standard InChI is InChI=1S/C71H69N3OSi2/c1-69(2,3)47-28-32-51(33-29-47)73(53-36-40-55(41-37-53)76(7)8)61-45-59-65(67-57(61)26-20-44-72-67)66-60(71(59,49-21-14-12-15-22-49)50-23-16-13-17-24-50)46-62(64-58-25-18-19-27-63(58)75-68(64)66)74(52-34-30-48(31-35-52)70(4,5)6)54-38-42-56(43-39-54)77(9,10)11/h12-46,76H,1-11H3. The highest BCUT2D eigenvalue weighted by Gasteiger charge is 2.50. The molecule has 1 aliphatic rings. The van der Waals surface area contributed by atoms with Crippen LogP contribution in [0.25, 0.3) is 44.0 Å². The van der Waals surface area contributed by atoms with Crippen molar-refractivity contribution in [1.82, 2.24) is 4.98 Å². The maximum absolute atomic E-state index is 7.49. The summed E-state index contributed by atoms with van der Waals surface area (Å²) in [5.41, 5.74) is 17.7. The van der Waals surface area contributed by atoms with E-state index in [0.717, 1.165) is 89.2 Å². The summed E-state index contributed by atoms with van der Waals surface area (Å²) < 4.78 is 7.49. The summed E-state index contributed by atoms with van der Waals surface area (Å²) in [5, 5.41) is 6.07. The van der Waals surface area contributed by atoms with Gasteiger partial charge in [0.1, 0.15) is 11.2 Å². The van der Waals surface area contributed by atoms with Crippen LogP contribution in [0.15, 0.2) is 217 Å². The van der Waals surface area contributed by atoms with E-state index in [-0.39, 0.29) is 10.8 Å². The zero-order chi connectivity index (χ0) is 53.6. The zero-order valence-corrected chi connectivity index (χ0v) is 48.7. The summed E-state index contributed by atoms with van der Waals surface area (Å²) in [6.45, 7) is 25.8. The van der Waals surface area contributed by atoms with Crippen molar-refractivity contribution in [2.75, 3.05) is 9.80 Å². The Bertz CT molecular complexity index is 3880. The molecule has 1 aliphatic carbocycles. The van der Waals surface area contributed by atoms with Gasteiger partial charge in [-0.15, -0.1) is 0 Å². The number of rotatable bonds is 10. The van der Waals surface area contributed by atoms with E-state index in [1.165, 1.54) is 32.6 Å². The number of fused-ring (bicyclic) bond motifs is 9. The van der Waals surface area contributed by atoms with Gasteiger partial charge in [0, 0.05) is 50.8 Å². The topological polar surface area (TPSA) is 32.5 Å². The van der Waals surface area contributed by atoms with Crippen LogP contribution in [0.2, 0.25) is 32.7 Å². The number of aromatic nitrogens is 1. The summed E-state index contributed by atoms with van der Waals surface area (Å²) in [7, 11) is -2.70. The largest absolute Gasteiger partial charge is 0.455 e. The van der Waals surface area contributed by atoms with Crippen molar-refractivity contribution in [3.8, 4) is 11.1 Å². The fourth-order valence-corrected chi connectivity index (χ4v) is 14.2. The van der Waals surface area contributed by atoms with Crippen LogP contribution in [-0.2, 0) is 16.2 Å². The predicted octanol–water partition coefficient (Wildman–Crippen LogP) is 18.3. The molecular formula is C71H69N3OSi2. The van der Waals surface area contributed by atoms with Gasteiger partial charge in [0.2, 0.25) is 0 Å². The minimum Gasteiger partial charge on any atom is -0.455 e. The lowest BCUT2D eigenvalue weighted by atomic mass is 9.67. The van der Waals surface area contributed by atoms with Crippen LogP contribution in [0.1, 0.15) is 74.9 Å². The predicted molar refractivity (Wildman–Crippen MR) is 335 cm³/mol. The molecule has 0 saturated heterocycles. The molecular weight excluding hydrogens is 967 g/mol. The van der Waals surface area contributed by atoms with E-state index in [2.05, 4.69) is 290 Å². The highest BCUT2D eigenvalue weighted by molar-refractivity contribution is 6.88. The van der Waals surface area contributed by atoms with Crippen molar-refractivity contribution in [1.29, 1.82) is 0 Å². The van der Waals surface area contributed by atoms with Gasteiger partial charge in [0.15, 0.2) is 0 Å². The molecule has 2 aromatic heterocycles. The van der Waals surface area contributed by atoms with Crippen LogP contribution in [0.3, 0.4) is 0 Å². The molecule has 0 radical (unpaired) electrons. The molecule has 0 aliphatic heterocycles. The van der Waals surface area contributed by atoms with Gasteiger partial charge in [-0.1, -0.05) is 212 Å². The monoisotopic (exact) mass is 1040 g/mol. The Hall–Kier alpha value is -7.78. The molecule has 0 spiro atoms. The molecule has 77 heavy (non-hydrogen) atoms. The van der Waals surface area contributed by atoms with E-state index in [0.29, 0.717) is 0 Å². The highest BCUT2D eigenvalue weighted by Crippen LogP contribution is 2.63.